The normalized spacial score (nSPS) is 12.0. The van der Waals surface area contributed by atoms with E-state index in [0.29, 0.717) is 35.1 Å². The summed E-state index contributed by atoms with van der Waals surface area (Å²) in [7, 11) is 0. The summed E-state index contributed by atoms with van der Waals surface area (Å²) in [5, 5.41) is 27.6. The highest BCUT2D eigenvalue weighted by Gasteiger charge is 2.26. The molecule has 0 fully saturated rings. The first kappa shape index (κ1) is 21.6. The second kappa shape index (κ2) is 9.00. The van der Waals surface area contributed by atoms with Crippen molar-refractivity contribution in [3.63, 3.8) is 0 Å². The highest BCUT2D eigenvalue weighted by atomic mass is 15.4. The summed E-state index contributed by atoms with van der Waals surface area (Å²) < 4.78 is 3.57. The van der Waals surface area contributed by atoms with E-state index >= 15 is 0 Å². The van der Waals surface area contributed by atoms with Gasteiger partial charge in [-0.25, -0.2) is 9.36 Å². The van der Waals surface area contributed by atoms with Crippen molar-refractivity contribution < 1.29 is 0 Å². The first-order valence-electron chi connectivity index (χ1n) is 10.0. The molecule has 28 heavy (non-hydrogen) atoms. The Morgan fingerprint density at radius 3 is 2.18 bits per heavy atom. The van der Waals surface area contributed by atoms with E-state index < -0.39 is 0 Å². The van der Waals surface area contributed by atoms with Gasteiger partial charge in [0.25, 0.3) is 0 Å². The van der Waals surface area contributed by atoms with Crippen LogP contribution in [0.3, 0.4) is 0 Å². The molecule has 0 atom stereocenters. The minimum Gasteiger partial charge on any atom is -0.382 e. The molecular formula is C20H32N8. The van der Waals surface area contributed by atoms with Crippen LogP contribution in [0, 0.1) is 18.3 Å². The van der Waals surface area contributed by atoms with E-state index in [0.717, 1.165) is 37.9 Å². The van der Waals surface area contributed by atoms with Crippen LogP contribution in [0.4, 0.5) is 17.3 Å². The zero-order valence-electron chi connectivity index (χ0n) is 18.0. The number of aryl methyl sites for hydroxylation is 3. The van der Waals surface area contributed by atoms with Gasteiger partial charge in [-0.2, -0.15) is 15.5 Å². The van der Waals surface area contributed by atoms with Gasteiger partial charge in [0.15, 0.2) is 11.5 Å². The summed E-state index contributed by atoms with van der Waals surface area (Å²) in [5.74, 6) is 0.992. The molecule has 2 aromatic heterocycles. The van der Waals surface area contributed by atoms with E-state index in [2.05, 4.69) is 56.0 Å². The molecule has 0 saturated heterocycles. The van der Waals surface area contributed by atoms with Crippen molar-refractivity contribution in [1.29, 1.82) is 5.26 Å². The van der Waals surface area contributed by atoms with Gasteiger partial charge >= 0.3 is 0 Å². The Balaban J connectivity index is 2.52. The maximum Gasteiger partial charge on any atom is 0.191 e. The molecule has 8 nitrogen and oxygen atoms in total. The number of hydrogen-bond donors (Lipinski definition) is 1. The van der Waals surface area contributed by atoms with E-state index in [9.17, 15) is 5.26 Å². The lowest BCUT2D eigenvalue weighted by Gasteiger charge is -2.15. The molecule has 0 aliphatic heterocycles. The third-order valence-electron chi connectivity index (χ3n) is 4.58. The van der Waals surface area contributed by atoms with E-state index in [4.69, 9.17) is 10.8 Å². The highest BCUT2D eigenvalue weighted by Crippen LogP contribution is 2.37. The molecule has 2 N–H and O–H groups in total. The Bertz CT molecular complexity index is 874. The van der Waals surface area contributed by atoms with Crippen LogP contribution in [0.5, 0.6) is 0 Å². The van der Waals surface area contributed by atoms with E-state index in [1.807, 2.05) is 11.6 Å². The molecule has 0 saturated carbocycles. The maximum absolute atomic E-state index is 9.53. The number of nitrogens with two attached hydrogens (primary N) is 1. The predicted octanol–water partition coefficient (Wildman–Crippen LogP) is 5.16. The number of anilines is 1. The number of nitrogen functional groups attached to an aromatic ring is 1. The van der Waals surface area contributed by atoms with Gasteiger partial charge in [0.2, 0.25) is 0 Å². The van der Waals surface area contributed by atoms with Crippen LogP contribution in [0.2, 0.25) is 0 Å². The van der Waals surface area contributed by atoms with E-state index in [1.54, 1.807) is 4.68 Å². The molecule has 0 amide bonds. The SMILES string of the molecule is CCCCn1nc(C(C)(C)C)c(N=Nc2c(C#N)c(C)nn2CCCC)c1N. The lowest BCUT2D eigenvalue weighted by Crippen LogP contribution is -2.13. The van der Waals surface area contributed by atoms with Crippen LogP contribution < -0.4 is 5.73 Å². The minimum atomic E-state index is -0.226. The summed E-state index contributed by atoms with van der Waals surface area (Å²) in [6.45, 7) is 13.7. The number of nitriles is 1. The number of rotatable bonds is 8. The number of aromatic nitrogens is 4. The van der Waals surface area contributed by atoms with Crippen molar-refractivity contribution in [3.05, 3.63) is 17.0 Å². The topological polar surface area (TPSA) is 110 Å². The van der Waals surface area contributed by atoms with E-state index in [-0.39, 0.29) is 5.41 Å². The smallest absolute Gasteiger partial charge is 0.191 e. The van der Waals surface area contributed by atoms with Crippen LogP contribution in [-0.2, 0) is 18.5 Å². The minimum absolute atomic E-state index is 0.226. The molecule has 152 valence electrons. The second-order valence-corrected chi connectivity index (χ2v) is 8.08. The van der Waals surface area contributed by atoms with Crippen molar-refractivity contribution in [2.75, 3.05) is 5.73 Å². The van der Waals surface area contributed by atoms with Crippen LogP contribution in [-0.4, -0.2) is 19.6 Å². The molecule has 0 spiro atoms. The quantitative estimate of drug-likeness (QED) is 0.634. The van der Waals surface area contributed by atoms with Crippen molar-refractivity contribution in [3.8, 4) is 6.07 Å². The second-order valence-electron chi connectivity index (χ2n) is 8.08. The molecule has 8 heteroatoms. The molecular weight excluding hydrogens is 352 g/mol. The third-order valence-corrected chi connectivity index (χ3v) is 4.58. The van der Waals surface area contributed by atoms with Crippen molar-refractivity contribution in [2.24, 2.45) is 10.2 Å². The lowest BCUT2D eigenvalue weighted by atomic mass is 9.91. The molecule has 0 bridgehead atoms. The number of unbranched alkanes of at least 4 members (excludes halogenated alkanes) is 2. The van der Waals surface area contributed by atoms with Gasteiger partial charge in [0, 0.05) is 18.5 Å². The van der Waals surface area contributed by atoms with Gasteiger partial charge in [-0.05, 0) is 19.8 Å². The fourth-order valence-corrected chi connectivity index (χ4v) is 2.91. The summed E-state index contributed by atoms with van der Waals surface area (Å²) in [6, 6.07) is 2.20. The van der Waals surface area contributed by atoms with Crippen molar-refractivity contribution in [1.82, 2.24) is 19.6 Å². The zero-order chi connectivity index (χ0) is 20.9. The van der Waals surface area contributed by atoms with Gasteiger partial charge in [-0.15, -0.1) is 10.2 Å². The van der Waals surface area contributed by atoms with Gasteiger partial charge in [0.1, 0.15) is 17.5 Å². The molecule has 0 aromatic carbocycles. The molecule has 2 heterocycles. The number of azo groups is 1. The first-order valence-corrected chi connectivity index (χ1v) is 10.0. The Kier molecular flexibility index (Phi) is 6.95. The Labute approximate surface area is 167 Å². The van der Waals surface area contributed by atoms with Crippen LogP contribution >= 0.6 is 0 Å². The third kappa shape index (κ3) is 4.58. The number of hydrogen-bond acceptors (Lipinski definition) is 6. The van der Waals surface area contributed by atoms with Crippen molar-refractivity contribution in [2.45, 2.75) is 85.7 Å². The van der Waals surface area contributed by atoms with Gasteiger partial charge in [-0.1, -0.05) is 47.5 Å². The van der Waals surface area contributed by atoms with Crippen LogP contribution in [0.1, 0.15) is 77.3 Å². The summed E-state index contributed by atoms with van der Waals surface area (Å²) in [4.78, 5) is 0. The van der Waals surface area contributed by atoms with E-state index in [1.165, 1.54) is 0 Å². The molecule has 2 aromatic rings. The summed E-state index contributed by atoms with van der Waals surface area (Å²) in [5.41, 5.74) is 8.63. The Hall–Kier alpha value is -2.69. The fraction of sp³-hybridized carbons (Fsp3) is 0.650. The van der Waals surface area contributed by atoms with Crippen molar-refractivity contribution >= 4 is 17.3 Å². The lowest BCUT2D eigenvalue weighted by molar-refractivity contribution is 0.522. The standard InChI is InChI=1S/C20H32N8/c1-7-9-11-27-18(22)16(17(26-27)20(4,5)6)23-24-19-15(13-21)14(3)25-28(19)12-10-8-2/h7-12,22H2,1-6H3. The largest absolute Gasteiger partial charge is 0.382 e. The molecule has 0 radical (unpaired) electrons. The van der Waals surface area contributed by atoms with Gasteiger partial charge in [-0.3, -0.25) is 0 Å². The fourth-order valence-electron chi connectivity index (χ4n) is 2.91. The Morgan fingerprint density at radius 1 is 1.04 bits per heavy atom. The molecule has 0 unspecified atom stereocenters. The first-order chi connectivity index (χ1) is 13.2. The zero-order valence-corrected chi connectivity index (χ0v) is 18.0. The monoisotopic (exact) mass is 384 g/mol. The summed E-state index contributed by atoms with van der Waals surface area (Å²) >= 11 is 0. The maximum atomic E-state index is 9.53. The van der Waals surface area contributed by atoms with Gasteiger partial charge in [0.05, 0.1) is 11.4 Å². The Morgan fingerprint density at radius 2 is 1.64 bits per heavy atom. The predicted molar refractivity (Wildman–Crippen MR) is 111 cm³/mol. The molecule has 0 aliphatic carbocycles. The average molecular weight is 385 g/mol. The van der Waals surface area contributed by atoms with Crippen LogP contribution in [0.25, 0.3) is 0 Å². The summed E-state index contributed by atoms with van der Waals surface area (Å²) in [6.07, 6.45) is 4.04. The molecule has 2 rings (SSSR count). The number of nitrogens with zero attached hydrogens (tertiary/aromatic N) is 7. The average Bonchev–Trinajstić information content (AvgIpc) is 3.12. The van der Waals surface area contributed by atoms with Crippen LogP contribution in [0.15, 0.2) is 10.2 Å². The highest BCUT2D eigenvalue weighted by molar-refractivity contribution is 5.63. The van der Waals surface area contributed by atoms with Gasteiger partial charge < -0.3 is 5.73 Å². The molecule has 0 aliphatic rings.